The van der Waals surface area contributed by atoms with E-state index in [0.717, 1.165) is 5.56 Å². The number of anilines is 3. The van der Waals surface area contributed by atoms with Crippen molar-refractivity contribution in [1.82, 2.24) is 9.97 Å². The summed E-state index contributed by atoms with van der Waals surface area (Å²) in [6, 6.07) is 16.2. The van der Waals surface area contributed by atoms with Crippen molar-refractivity contribution in [2.24, 2.45) is 0 Å². The fourth-order valence-electron chi connectivity index (χ4n) is 2.64. The quantitative estimate of drug-likeness (QED) is 0.420. The van der Waals surface area contributed by atoms with E-state index < -0.39 is 9.73 Å². The van der Waals surface area contributed by atoms with Crippen LogP contribution in [0.3, 0.4) is 0 Å². The number of aliphatic hydroxyl groups is 1. The highest BCUT2D eigenvalue weighted by Crippen LogP contribution is 2.20. The Bertz CT molecular complexity index is 1180. The molecule has 0 saturated heterocycles. The van der Waals surface area contributed by atoms with Gasteiger partial charge in [-0.05, 0) is 43.3 Å². The summed E-state index contributed by atoms with van der Waals surface area (Å²) >= 11 is 0. The maximum atomic E-state index is 12.2. The van der Waals surface area contributed by atoms with Crippen LogP contribution < -0.4 is 10.6 Å². The number of hydrogen-bond acceptors (Lipinski definition) is 7. The topological polar surface area (TPSA) is 111 Å². The maximum Gasteiger partial charge on any atom is 0.229 e. The molecule has 0 fully saturated rings. The van der Waals surface area contributed by atoms with Gasteiger partial charge in [-0.15, -0.1) is 0 Å². The van der Waals surface area contributed by atoms with Crippen LogP contribution in [0.2, 0.25) is 0 Å². The molecule has 31 heavy (non-hydrogen) atoms. The molecule has 1 aromatic heterocycles. The molecular weight excluding hydrogens is 410 g/mol. The predicted molar refractivity (Wildman–Crippen MR) is 124 cm³/mol. The number of benzene rings is 2. The van der Waals surface area contributed by atoms with Crippen molar-refractivity contribution in [3.05, 3.63) is 71.9 Å². The van der Waals surface area contributed by atoms with Gasteiger partial charge in [-0.1, -0.05) is 37.0 Å². The number of rotatable bonds is 7. The lowest BCUT2D eigenvalue weighted by Gasteiger charge is -2.14. The summed E-state index contributed by atoms with van der Waals surface area (Å²) < 4.78 is 20.1. The largest absolute Gasteiger partial charge is 0.394 e. The molecule has 160 valence electrons. The molecule has 2 aromatic carbocycles. The third-order valence-electron chi connectivity index (χ3n) is 4.46. The van der Waals surface area contributed by atoms with E-state index in [9.17, 15) is 9.32 Å². The van der Waals surface area contributed by atoms with Gasteiger partial charge in [-0.2, -0.15) is 4.98 Å². The molecule has 0 aliphatic carbocycles. The van der Waals surface area contributed by atoms with Crippen LogP contribution in [0.5, 0.6) is 0 Å². The van der Waals surface area contributed by atoms with E-state index in [-0.39, 0.29) is 18.4 Å². The first-order valence-electron chi connectivity index (χ1n) is 9.86. The number of nitrogens with zero attached hydrogens (tertiary/aromatic N) is 2. The normalized spacial score (nSPS) is 13.4. The second kappa shape index (κ2) is 10.1. The molecule has 0 spiro atoms. The van der Waals surface area contributed by atoms with Gasteiger partial charge in [0, 0.05) is 27.9 Å². The van der Waals surface area contributed by atoms with Gasteiger partial charge in [0.25, 0.3) is 0 Å². The van der Waals surface area contributed by atoms with E-state index in [1.165, 1.54) is 0 Å². The third kappa shape index (κ3) is 6.04. The number of aromatic nitrogens is 2. The fraction of sp³-hybridized carbons (Fsp3) is 0.217. The first kappa shape index (κ1) is 22.3. The molecule has 0 bridgehead atoms. The molecule has 0 radical (unpaired) electrons. The molecule has 0 amide bonds. The van der Waals surface area contributed by atoms with E-state index in [0.29, 0.717) is 27.9 Å². The van der Waals surface area contributed by atoms with Crippen LogP contribution in [-0.4, -0.2) is 37.7 Å². The summed E-state index contributed by atoms with van der Waals surface area (Å²) in [5.41, 5.74) is 2.20. The highest BCUT2D eigenvalue weighted by Gasteiger charge is 2.10. The maximum absolute atomic E-state index is 12.2. The fourth-order valence-corrected chi connectivity index (χ4v) is 3.55. The molecule has 1 unspecified atom stereocenters. The van der Waals surface area contributed by atoms with Gasteiger partial charge < -0.3 is 15.7 Å². The van der Waals surface area contributed by atoms with Gasteiger partial charge in [-0.25, -0.2) is 14.0 Å². The van der Waals surface area contributed by atoms with Crippen molar-refractivity contribution >= 4 is 27.2 Å². The van der Waals surface area contributed by atoms with Gasteiger partial charge >= 0.3 is 0 Å². The highest BCUT2D eigenvalue weighted by molar-refractivity contribution is 7.92. The van der Waals surface area contributed by atoms with E-state index >= 15 is 0 Å². The zero-order valence-corrected chi connectivity index (χ0v) is 18.2. The number of aliphatic hydroxyl groups excluding tert-OH is 1. The summed E-state index contributed by atoms with van der Waals surface area (Å²) in [6.07, 6.45) is 1.62. The van der Waals surface area contributed by atoms with Crippen molar-refractivity contribution < 1.29 is 9.32 Å². The van der Waals surface area contributed by atoms with Crippen molar-refractivity contribution in [2.75, 3.05) is 23.0 Å². The molecule has 8 heteroatoms. The lowest BCUT2D eigenvalue weighted by molar-refractivity contribution is 0.281. The van der Waals surface area contributed by atoms with Gasteiger partial charge in [-0.3, -0.25) is 0 Å². The monoisotopic (exact) mass is 435 g/mol. The third-order valence-corrected chi connectivity index (χ3v) is 6.31. The lowest BCUT2D eigenvalue weighted by atomic mass is 10.2. The minimum absolute atomic E-state index is 0.0520. The van der Waals surface area contributed by atoms with Crippen LogP contribution >= 0.6 is 0 Å². The van der Waals surface area contributed by atoms with Gasteiger partial charge in [0.05, 0.1) is 28.1 Å². The average Bonchev–Trinajstić information content (AvgIpc) is 2.79. The minimum atomic E-state index is -2.75. The van der Waals surface area contributed by atoms with Gasteiger partial charge in [0.1, 0.15) is 5.82 Å². The summed E-state index contributed by atoms with van der Waals surface area (Å²) in [4.78, 5) is 9.35. The summed E-state index contributed by atoms with van der Waals surface area (Å²) in [6.45, 7) is 3.53. The van der Waals surface area contributed by atoms with Crippen LogP contribution in [0.4, 0.5) is 17.5 Å². The van der Waals surface area contributed by atoms with Crippen LogP contribution in [0.1, 0.15) is 25.0 Å². The molecule has 7 nitrogen and oxygen atoms in total. The van der Waals surface area contributed by atoms with Gasteiger partial charge in [0.2, 0.25) is 5.95 Å². The first-order chi connectivity index (χ1) is 14.9. The molecule has 4 N–H and O–H groups in total. The van der Waals surface area contributed by atoms with Crippen molar-refractivity contribution in [1.29, 1.82) is 4.78 Å². The Labute approximate surface area is 183 Å². The van der Waals surface area contributed by atoms with E-state index in [1.54, 1.807) is 37.4 Å². The Morgan fingerprint density at radius 1 is 1.13 bits per heavy atom. The van der Waals surface area contributed by atoms with Crippen molar-refractivity contribution in [3.63, 3.8) is 0 Å². The Morgan fingerprint density at radius 2 is 1.84 bits per heavy atom. The van der Waals surface area contributed by atoms with Crippen molar-refractivity contribution in [3.8, 4) is 11.8 Å². The Balaban J connectivity index is 1.86. The summed E-state index contributed by atoms with van der Waals surface area (Å²) in [7, 11) is -2.75. The second-order valence-corrected chi connectivity index (χ2v) is 9.31. The van der Waals surface area contributed by atoms with Crippen LogP contribution in [0.25, 0.3) is 0 Å². The van der Waals surface area contributed by atoms with Crippen LogP contribution in [0, 0.1) is 16.6 Å². The average molecular weight is 436 g/mol. The Kier molecular flexibility index (Phi) is 7.23. The van der Waals surface area contributed by atoms with Gasteiger partial charge in [0.15, 0.2) is 0 Å². The van der Waals surface area contributed by atoms with Crippen LogP contribution in [-0.2, 0) is 9.73 Å². The molecule has 0 saturated carbocycles. The number of nitrogens with one attached hydrogen (secondary N) is 3. The Morgan fingerprint density at radius 3 is 2.48 bits per heavy atom. The molecule has 0 aliphatic heterocycles. The first-order valence-corrected chi connectivity index (χ1v) is 11.6. The molecule has 1 heterocycles. The van der Waals surface area contributed by atoms with Crippen molar-refractivity contribution in [2.45, 2.75) is 24.8 Å². The second-order valence-electron chi connectivity index (χ2n) is 6.91. The van der Waals surface area contributed by atoms with E-state index in [1.807, 2.05) is 37.3 Å². The zero-order valence-electron chi connectivity index (χ0n) is 17.4. The van der Waals surface area contributed by atoms with Crippen LogP contribution in [0.15, 0.2) is 65.7 Å². The smallest absolute Gasteiger partial charge is 0.229 e. The lowest BCUT2D eigenvalue weighted by Crippen LogP contribution is -2.21. The molecule has 3 aromatic rings. The molecular formula is C23H25N5O2S. The van der Waals surface area contributed by atoms with E-state index in [2.05, 4.69) is 32.4 Å². The summed E-state index contributed by atoms with van der Waals surface area (Å²) in [5, 5.41) is 15.7. The highest BCUT2D eigenvalue weighted by atomic mass is 32.2. The molecule has 3 rings (SSSR count). The molecule has 0 aliphatic rings. The molecule has 2 atom stereocenters. The number of hydrogen-bond donors (Lipinski definition) is 4. The standard InChI is InChI=1S/C23H25N5O2S/c1-3-31(24,30)21-13-11-20(12-14-21)27-23-25-15-19(22(28-23)26-17(2)16-29)10-9-18-7-5-4-6-8-18/h4-8,11-15,17,24,29H,3,16H2,1-2H3,(H2,25,26,27,28)/t17-,31?/m1/s1. The minimum Gasteiger partial charge on any atom is -0.394 e. The summed E-state index contributed by atoms with van der Waals surface area (Å²) in [5.74, 6) is 7.31. The zero-order chi connectivity index (χ0) is 22.3. The van der Waals surface area contributed by atoms with E-state index in [4.69, 9.17) is 4.78 Å². The predicted octanol–water partition coefficient (Wildman–Crippen LogP) is 3.84. The SMILES string of the molecule is CCS(=N)(=O)c1ccc(Nc2ncc(C#Cc3ccccc3)c(N[C@H](C)CO)n2)cc1. The Hall–Kier alpha value is -3.41.